The number of hydrogen-bond donors (Lipinski definition) is 1. The zero-order chi connectivity index (χ0) is 14.2. The number of nitrogens with two attached hydrogens (primary N) is 1. The highest BCUT2D eigenvalue weighted by Gasteiger charge is 2.25. The Balaban J connectivity index is 2.45. The highest BCUT2D eigenvalue weighted by Crippen LogP contribution is 2.29. The van der Waals surface area contributed by atoms with Crippen molar-refractivity contribution >= 4 is 23.0 Å². The molecule has 1 aromatic rings. The van der Waals surface area contributed by atoms with Crippen LogP contribution in [0.15, 0.2) is 6.07 Å². The van der Waals surface area contributed by atoms with E-state index in [4.69, 9.17) is 22.9 Å². The average Bonchev–Trinajstić information content (AvgIpc) is 2.25. The van der Waals surface area contributed by atoms with Gasteiger partial charge in [0, 0.05) is 18.8 Å². The van der Waals surface area contributed by atoms with Crippen molar-refractivity contribution in [1.29, 1.82) is 0 Å². The van der Waals surface area contributed by atoms with E-state index in [-0.39, 0.29) is 0 Å². The second-order valence-corrected chi connectivity index (χ2v) is 6.43. The summed E-state index contributed by atoms with van der Waals surface area (Å²) in [6.07, 6.45) is 1.28. The average molecular weight is 277 g/mol. The van der Waals surface area contributed by atoms with E-state index >= 15 is 0 Å². The molecule has 0 aliphatic carbocycles. The summed E-state index contributed by atoms with van der Waals surface area (Å²) in [5.41, 5.74) is 9.00. The van der Waals surface area contributed by atoms with Crippen LogP contribution in [-0.4, -0.2) is 23.1 Å². The Bertz CT molecular complexity index is 488. The minimum Gasteiger partial charge on any atom is -0.389 e. The number of nitrogens with zero attached hydrogens (tertiary/aromatic N) is 2. The molecular weight excluding hydrogens is 254 g/mol. The molecule has 0 amide bonds. The fourth-order valence-electron chi connectivity index (χ4n) is 3.19. The predicted molar refractivity (Wildman–Crippen MR) is 84.8 cm³/mol. The first-order valence-corrected chi connectivity index (χ1v) is 7.32. The van der Waals surface area contributed by atoms with Crippen LogP contribution in [-0.2, 0) is 0 Å². The second-order valence-electron chi connectivity index (χ2n) is 5.99. The first-order chi connectivity index (χ1) is 8.88. The molecule has 19 heavy (non-hydrogen) atoms. The normalized spacial score (nSPS) is 23.5. The summed E-state index contributed by atoms with van der Waals surface area (Å²) in [5, 5.41) is 0. The Morgan fingerprint density at radius 2 is 1.89 bits per heavy atom. The summed E-state index contributed by atoms with van der Waals surface area (Å²) in [7, 11) is 0. The first kappa shape index (κ1) is 14.3. The molecule has 0 bridgehead atoms. The van der Waals surface area contributed by atoms with Crippen LogP contribution in [0.1, 0.15) is 37.1 Å². The third kappa shape index (κ3) is 3.06. The molecule has 1 fully saturated rings. The summed E-state index contributed by atoms with van der Waals surface area (Å²) in [4.78, 5) is 7.51. The number of thiocarbonyl (C=S) groups is 1. The van der Waals surface area contributed by atoms with E-state index in [9.17, 15) is 0 Å². The lowest BCUT2D eigenvalue weighted by molar-refractivity contribution is 0.355. The largest absolute Gasteiger partial charge is 0.389 e. The fourth-order valence-corrected chi connectivity index (χ4v) is 3.44. The predicted octanol–water partition coefficient (Wildman–Crippen LogP) is 2.81. The maximum Gasteiger partial charge on any atom is 0.139 e. The van der Waals surface area contributed by atoms with Crippen molar-refractivity contribution in [3.8, 4) is 0 Å². The van der Waals surface area contributed by atoms with Crippen molar-refractivity contribution in [3.63, 3.8) is 0 Å². The van der Waals surface area contributed by atoms with Crippen molar-refractivity contribution in [2.45, 2.75) is 34.1 Å². The number of anilines is 1. The van der Waals surface area contributed by atoms with Gasteiger partial charge in [0.2, 0.25) is 0 Å². The van der Waals surface area contributed by atoms with Crippen LogP contribution < -0.4 is 10.6 Å². The van der Waals surface area contributed by atoms with Gasteiger partial charge < -0.3 is 10.6 Å². The topological polar surface area (TPSA) is 42.1 Å². The smallest absolute Gasteiger partial charge is 0.139 e. The van der Waals surface area contributed by atoms with Gasteiger partial charge in [-0.05, 0) is 43.7 Å². The minimum absolute atomic E-state index is 0.450. The Kier molecular flexibility index (Phi) is 4.09. The first-order valence-electron chi connectivity index (χ1n) is 6.91. The molecule has 4 heteroatoms. The van der Waals surface area contributed by atoms with E-state index in [0.717, 1.165) is 35.7 Å². The molecule has 104 valence electrons. The molecule has 1 aromatic heterocycles. The van der Waals surface area contributed by atoms with E-state index in [1.807, 2.05) is 6.92 Å². The lowest BCUT2D eigenvalue weighted by atomic mass is 9.91. The SMILES string of the molecule is Cc1cc(C)c(C(N)=S)c(N2CC(C)CC(C)C2)n1. The molecule has 0 spiro atoms. The summed E-state index contributed by atoms with van der Waals surface area (Å²) in [6.45, 7) is 10.8. The van der Waals surface area contributed by atoms with Gasteiger partial charge >= 0.3 is 0 Å². The van der Waals surface area contributed by atoms with Crippen LogP contribution in [0.5, 0.6) is 0 Å². The van der Waals surface area contributed by atoms with Crippen molar-refractivity contribution in [2.75, 3.05) is 18.0 Å². The molecule has 1 aliphatic heterocycles. The molecule has 0 saturated carbocycles. The highest BCUT2D eigenvalue weighted by molar-refractivity contribution is 7.80. The van der Waals surface area contributed by atoms with Gasteiger partial charge in [-0.2, -0.15) is 0 Å². The number of piperidine rings is 1. The molecule has 2 heterocycles. The zero-order valence-electron chi connectivity index (χ0n) is 12.2. The molecule has 2 atom stereocenters. The quantitative estimate of drug-likeness (QED) is 0.844. The molecular formula is C15H23N3S. The van der Waals surface area contributed by atoms with Crippen LogP contribution in [0.25, 0.3) is 0 Å². The molecule has 2 N–H and O–H groups in total. The molecule has 1 saturated heterocycles. The van der Waals surface area contributed by atoms with Crippen molar-refractivity contribution in [1.82, 2.24) is 4.98 Å². The van der Waals surface area contributed by atoms with E-state index in [2.05, 4.69) is 31.7 Å². The third-order valence-electron chi connectivity index (χ3n) is 3.74. The van der Waals surface area contributed by atoms with E-state index in [1.165, 1.54) is 6.42 Å². The van der Waals surface area contributed by atoms with Gasteiger partial charge in [-0.1, -0.05) is 26.1 Å². The van der Waals surface area contributed by atoms with E-state index in [0.29, 0.717) is 16.8 Å². The number of hydrogen-bond acceptors (Lipinski definition) is 3. The summed E-state index contributed by atoms with van der Waals surface area (Å²) in [5.74, 6) is 2.35. The lowest BCUT2D eigenvalue weighted by Gasteiger charge is -2.37. The van der Waals surface area contributed by atoms with Gasteiger partial charge in [-0.25, -0.2) is 4.98 Å². The summed E-state index contributed by atoms with van der Waals surface area (Å²) in [6, 6.07) is 2.05. The van der Waals surface area contributed by atoms with Gasteiger partial charge in [-0.15, -0.1) is 0 Å². The Morgan fingerprint density at radius 3 is 2.42 bits per heavy atom. The van der Waals surface area contributed by atoms with Crippen LogP contribution in [0.3, 0.4) is 0 Å². The van der Waals surface area contributed by atoms with Crippen molar-refractivity contribution in [2.24, 2.45) is 17.6 Å². The fraction of sp³-hybridized carbons (Fsp3) is 0.600. The standard InChI is InChI=1S/C15H23N3S/c1-9-5-10(2)8-18(7-9)15-13(14(16)19)11(3)6-12(4)17-15/h6,9-10H,5,7-8H2,1-4H3,(H2,16,19). The third-order valence-corrected chi connectivity index (χ3v) is 3.94. The number of rotatable bonds is 2. The number of aromatic nitrogens is 1. The van der Waals surface area contributed by atoms with E-state index < -0.39 is 0 Å². The molecule has 2 rings (SSSR count). The lowest BCUT2D eigenvalue weighted by Crippen LogP contribution is -2.40. The molecule has 2 unspecified atom stereocenters. The Morgan fingerprint density at radius 1 is 1.32 bits per heavy atom. The van der Waals surface area contributed by atoms with Crippen molar-refractivity contribution < 1.29 is 0 Å². The highest BCUT2D eigenvalue weighted by atomic mass is 32.1. The second kappa shape index (κ2) is 5.45. The van der Waals surface area contributed by atoms with Crippen LogP contribution >= 0.6 is 12.2 Å². The van der Waals surface area contributed by atoms with Crippen molar-refractivity contribution in [3.05, 3.63) is 22.9 Å². The Hall–Kier alpha value is -1.16. The van der Waals surface area contributed by atoms with Gasteiger partial charge in [0.1, 0.15) is 10.8 Å². The minimum atomic E-state index is 0.450. The Labute approximate surface area is 121 Å². The van der Waals surface area contributed by atoms with Crippen LogP contribution in [0.2, 0.25) is 0 Å². The maximum atomic E-state index is 5.91. The van der Waals surface area contributed by atoms with Gasteiger partial charge in [0.05, 0.1) is 5.56 Å². The summed E-state index contributed by atoms with van der Waals surface area (Å²) >= 11 is 5.22. The van der Waals surface area contributed by atoms with E-state index in [1.54, 1.807) is 0 Å². The van der Waals surface area contributed by atoms with Crippen LogP contribution in [0, 0.1) is 25.7 Å². The summed E-state index contributed by atoms with van der Waals surface area (Å²) < 4.78 is 0. The molecule has 0 aromatic carbocycles. The number of aryl methyl sites for hydroxylation is 2. The van der Waals surface area contributed by atoms with Gasteiger partial charge in [-0.3, -0.25) is 0 Å². The molecule has 0 radical (unpaired) electrons. The van der Waals surface area contributed by atoms with Crippen LogP contribution in [0.4, 0.5) is 5.82 Å². The monoisotopic (exact) mass is 277 g/mol. The zero-order valence-corrected chi connectivity index (χ0v) is 13.0. The van der Waals surface area contributed by atoms with Gasteiger partial charge in [0.25, 0.3) is 0 Å². The maximum absolute atomic E-state index is 5.91. The molecule has 1 aliphatic rings. The molecule has 3 nitrogen and oxygen atoms in total. The number of pyridine rings is 1. The van der Waals surface area contributed by atoms with Gasteiger partial charge in [0.15, 0.2) is 0 Å².